The Bertz CT molecular complexity index is 242. The molecule has 1 heterocycles. The average molecular weight is 243 g/mol. The van der Waals surface area contributed by atoms with Gasteiger partial charge in [-0.2, -0.15) is 0 Å². The van der Waals surface area contributed by atoms with Crippen molar-refractivity contribution in [1.29, 1.82) is 0 Å². The molecule has 0 unspecified atom stereocenters. The van der Waals surface area contributed by atoms with E-state index in [1.54, 1.807) is 0 Å². The van der Waals surface area contributed by atoms with Gasteiger partial charge < -0.3 is 14.8 Å². The minimum atomic E-state index is -0.403. The summed E-state index contributed by atoms with van der Waals surface area (Å²) in [6.45, 7) is 9.89. The lowest BCUT2D eigenvalue weighted by Gasteiger charge is -2.22. The SMILES string of the molecule is C[C@H](CNC[C@H]1CCCO1)C(=O)OC(C)(C)C. The highest BCUT2D eigenvalue weighted by Crippen LogP contribution is 2.12. The van der Waals surface area contributed by atoms with Crippen molar-refractivity contribution in [2.45, 2.75) is 52.2 Å². The second-order valence-electron chi connectivity index (χ2n) is 5.73. The van der Waals surface area contributed by atoms with Gasteiger partial charge in [0.25, 0.3) is 0 Å². The van der Waals surface area contributed by atoms with Crippen LogP contribution in [-0.2, 0) is 14.3 Å². The van der Waals surface area contributed by atoms with Crippen LogP contribution in [0.3, 0.4) is 0 Å². The van der Waals surface area contributed by atoms with E-state index in [0.717, 1.165) is 26.0 Å². The van der Waals surface area contributed by atoms with E-state index in [0.29, 0.717) is 12.6 Å². The number of ether oxygens (including phenoxy) is 2. The van der Waals surface area contributed by atoms with Crippen LogP contribution < -0.4 is 5.32 Å². The van der Waals surface area contributed by atoms with E-state index in [1.807, 2.05) is 27.7 Å². The van der Waals surface area contributed by atoms with E-state index in [1.165, 1.54) is 0 Å². The van der Waals surface area contributed by atoms with Crippen LogP contribution in [0.15, 0.2) is 0 Å². The van der Waals surface area contributed by atoms with Gasteiger partial charge in [-0.05, 0) is 33.6 Å². The predicted molar refractivity (Wildman–Crippen MR) is 66.9 cm³/mol. The van der Waals surface area contributed by atoms with Crippen molar-refractivity contribution in [3.63, 3.8) is 0 Å². The molecule has 0 radical (unpaired) electrons. The number of carbonyl (C=O) groups excluding carboxylic acids is 1. The van der Waals surface area contributed by atoms with E-state index in [9.17, 15) is 4.79 Å². The summed E-state index contributed by atoms with van der Waals surface area (Å²) in [6, 6.07) is 0. The highest BCUT2D eigenvalue weighted by Gasteiger charge is 2.22. The fourth-order valence-electron chi connectivity index (χ4n) is 1.75. The molecule has 0 saturated carbocycles. The molecule has 1 aliphatic heterocycles. The van der Waals surface area contributed by atoms with Gasteiger partial charge in [0, 0.05) is 19.7 Å². The van der Waals surface area contributed by atoms with Crippen LogP contribution in [0.5, 0.6) is 0 Å². The minimum absolute atomic E-state index is 0.115. The molecule has 1 rings (SSSR count). The fraction of sp³-hybridized carbons (Fsp3) is 0.923. The fourth-order valence-corrected chi connectivity index (χ4v) is 1.75. The van der Waals surface area contributed by atoms with E-state index in [-0.39, 0.29) is 11.9 Å². The van der Waals surface area contributed by atoms with Crippen LogP contribution in [0, 0.1) is 5.92 Å². The normalized spacial score (nSPS) is 22.5. The third kappa shape index (κ3) is 6.03. The molecule has 100 valence electrons. The van der Waals surface area contributed by atoms with Crippen molar-refractivity contribution in [2.75, 3.05) is 19.7 Å². The minimum Gasteiger partial charge on any atom is -0.460 e. The van der Waals surface area contributed by atoms with Crippen LogP contribution in [-0.4, -0.2) is 37.4 Å². The highest BCUT2D eigenvalue weighted by atomic mass is 16.6. The maximum absolute atomic E-state index is 11.7. The third-order valence-electron chi connectivity index (χ3n) is 2.66. The van der Waals surface area contributed by atoms with E-state index >= 15 is 0 Å². The molecule has 0 amide bonds. The number of hydrogen-bond donors (Lipinski definition) is 1. The van der Waals surface area contributed by atoms with Crippen molar-refractivity contribution in [3.8, 4) is 0 Å². The first-order valence-corrected chi connectivity index (χ1v) is 6.43. The highest BCUT2D eigenvalue weighted by molar-refractivity contribution is 5.72. The molecule has 0 aromatic heterocycles. The Balaban J connectivity index is 2.15. The predicted octanol–water partition coefficient (Wildman–Crippen LogP) is 1.73. The van der Waals surface area contributed by atoms with Crippen LogP contribution in [0.25, 0.3) is 0 Å². The summed E-state index contributed by atoms with van der Waals surface area (Å²) in [5.41, 5.74) is -0.403. The lowest BCUT2D eigenvalue weighted by molar-refractivity contribution is -0.159. The van der Waals surface area contributed by atoms with Crippen LogP contribution in [0.1, 0.15) is 40.5 Å². The molecule has 1 aliphatic rings. The van der Waals surface area contributed by atoms with Crippen molar-refractivity contribution >= 4 is 5.97 Å². The molecule has 0 aromatic carbocycles. The van der Waals surface area contributed by atoms with E-state index in [2.05, 4.69) is 5.32 Å². The summed E-state index contributed by atoms with van der Waals surface area (Å²) in [7, 11) is 0. The molecule has 1 N–H and O–H groups in total. The second-order valence-corrected chi connectivity index (χ2v) is 5.73. The molecule has 0 aliphatic carbocycles. The zero-order valence-corrected chi connectivity index (χ0v) is 11.4. The van der Waals surface area contributed by atoms with Gasteiger partial charge in [0.15, 0.2) is 0 Å². The monoisotopic (exact) mass is 243 g/mol. The van der Waals surface area contributed by atoms with Crippen LogP contribution in [0.4, 0.5) is 0 Å². The largest absolute Gasteiger partial charge is 0.460 e. The third-order valence-corrected chi connectivity index (χ3v) is 2.66. The maximum atomic E-state index is 11.7. The molecule has 1 fully saturated rings. The first kappa shape index (κ1) is 14.5. The van der Waals surface area contributed by atoms with Gasteiger partial charge in [-0.15, -0.1) is 0 Å². The molecule has 4 nitrogen and oxygen atoms in total. The molecular weight excluding hydrogens is 218 g/mol. The van der Waals surface area contributed by atoms with Gasteiger partial charge in [-0.3, -0.25) is 4.79 Å². The first-order chi connectivity index (χ1) is 7.88. The Morgan fingerprint density at radius 1 is 1.53 bits per heavy atom. The first-order valence-electron chi connectivity index (χ1n) is 6.43. The molecule has 2 atom stereocenters. The molecule has 0 spiro atoms. The smallest absolute Gasteiger partial charge is 0.310 e. The Labute approximate surface area is 104 Å². The second kappa shape index (κ2) is 6.36. The van der Waals surface area contributed by atoms with Crippen LogP contribution in [0.2, 0.25) is 0 Å². The lowest BCUT2D eigenvalue weighted by atomic mass is 10.1. The molecule has 0 aromatic rings. The van der Waals surface area contributed by atoms with Crippen molar-refractivity contribution in [2.24, 2.45) is 5.92 Å². The summed E-state index contributed by atoms with van der Waals surface area (Å²) < 4.78 is 10.8. The zero-order chi connectivity index (χ0) is 12.9. The molecule has 4 heteroatoms. The van der Waals surface area contributed by atoms with Gasteiger partial charge in [-0.25, -0.2) is 0 Å². The average Bonchev–Trinajstić information content (AvgIpc) is 2.67. The molecular formula is C13H25NO3. The van der Waals surface area contributed by atoms with Crippen molar-refractivity contribution < 1.29 is 14.3 Å². The summed E-state index contributed by atoms with van der Waals surface area (Å²) in [4.78, 5) is 11.7. The van der Waals surface area contributed by atoms with Gasteiger partial charge in [0.1, 0.15) is 5.60 Å². The Kier molecular flexibility index (Phi) is 5.40. The number of nitrogens with one attached hydrogen (secondary N) is 1. The number of rotatable bonds is 5. The van der Waals surface area contributed by atoms with Gasteiger partial charge in [0.05, 0.1) is 12.0 Å². The number of carbonyl (C=O) groups is 1. The summed E-state index contributed by atoms with van der Waals surface area (Å²) in [5.74, 6) is -0.257. The number of hydrogen-bond acceptors (Lipinski definition) is 4. The summed E-state index contributed by atoms with van der Waals surface area (Å²) >= 11 is 0. The van der Waals surface area contributed by atoms with Crippen molar-refractivity contribution in [3.05, 3.63) is 0 Å². The topological polar surface area (TPSA) is 47.6 Å². The standard InChI is InChI=1S/C13H25NO3/c1-10(12(15)17-13(2,3)4)8-14-9-11-6-5-7-16-11/h10-11,14H,5-9H2,1-4H3/t10-,11-/m1/s1. The van der Waals surface area contributed by atoms with Crippen LogP contribution >= 0.6 is 0 Å². The quantitative estimate of drug-likeness (QED) is 0.747. The molecule has 17 heavy (non-hydrogen) atoms. The van der Waals surface area contributed by atoms with Gasteiger partial charge in [0.2, 0.25) is 0 Å². The number of esters is 1. The van der Waals surface area contributed by atoms with Crippen molar-refractivity contribution in [1.82, 2.24) is 5.32 Å². The zero-order valence-electron chi connectivity index (χ0n) is 11.4. The Morgan fingerprint density at radius 3 is 2.76 bits per heavy atom. The van der Waals surface area contributed by atoms with E-state index in [4.69, 9.17) is 9.47 Å². The molecule has 0 bridgehead atoms. The van der Waals surface area contributed by atoms with E-state index < -0.39 is 5.60 Å². The Hall–Kier alpha value is -0.610. The summed E-state index contributed by atoms with van der Waals surface area (Å²) in [5, 5.41) is 3.27. The van der Waals surface area contributed by atoms with Gasteiger partial charge in [-0.1, -0.05) is 6.92 Å². The Morgan fingerprint density at radius 2 is 2.24 bits per heavy atom. The molecule has 1 saturated heterocycles. The van der Waals surface area contributed by atoms with Gasteiger partial charge >= 0.3 is 5.97 Å². The lowest BCUT2D eigenvalue weighted by Crippen LogP contribution is -2.35. The maximum Gasteiger partial charge on any atom is 0.310 e. The summed E-state index contributed by atoms with van der Waals surface area (Å²) in [6.07, 6.45) is 2.59.